The fraction of sp³-hybridized carbons (Fsp3) is 0.938. The molecule has 0 N–H and O–H groups in total. The van der Waals surface area contributed by atoms with E-state index in [1.165, 1.54) is 6.42 Å². The smallest absolute Gasteiger partial charge is 0.320 e. The number of carbonyl (C=O) groups is 1. The predicted octanol–water partition coefficient (Wildman–Crippen LogP) is 1.72. The van der Waals surface area contributed by atoms with E-state index < -0.39 is 9.84 Å². The molecule has 128 valence electrons. The van der Waals surface area contributed by atoms with E-state index in [1.807, 2.05) is 4.90 Å². The Morgan fingerprint density at radius 3 is 2.45 bits per heavy atom. The van der Waals surface area contributed by atoms with Crippen LogP contribution >= 0.6 is 0 Å². The summed E-state index contributed by atoms with van der Waals surface area (Å²) in [5.41, 5.74) is 0. The molecule has 6 heteroatoms. The van der Waals surface area contributed by atoms with E-state index in [-0.39, 0.29) is 30.1 Å². The summed E-state index contributed by atoms with van der Waals surface area (Å²) in [6.45, 7) is 7.68. The molecule has 2 rings (SSSR count). The van der Waals surface area contributed by atoms with Gasteiger partial charge < -0.3 is 4.74 Å². The largest absolute Gasteiger partial charge is 0.461 e. The van der Waals surface area contributed by atoms with Gasteiger partial charge in [0.15, 0.2) is 9.84 Å². The second-order valence-corrected chi connectivity index (χ2v) is 9.59. The lowest BCUT2D eigenvalue weighted by Gasteiger charge is -2.37. The molecule has 0 aromatic heterocycles. The summed E-state index contributed by atoms with van der Waals surface area (Å²) in [5, 5.41) is 0. The summed E-state index contributed by atoms with van der Waals surface area (Å²) in [5.74, 6) is 1.66. The topological polar surface area (TPSA) is 63.7 Å². The maximum absolute atomic E-state index is 12.2. The van der Waals surface area contributed by atoms with Crippen molar-refractivity contribution in [2.24, 2.45) is 17.8 Å². The van der Waals surface area contributed by atoms with E-state index in [0.717, 1.165) is 12.8 Å². The minimum absolute atomic E-state index is 0.0183. The third-order valence-electron chi connectivity index (χ3n) is 5.03. The molecule has 0 spiro atoms. The predicted molar refractivity (Wildman–Crippen MR) is 86.3 cm³/mol. The second kappa shape index (κ2) is 7.30. The molecule has 3 atom stereocenters. The first kappa shape index (κ1) is 17.7. The van der Waals surface area contributed by atoms with Gasteiger partial charge in [0.1, 0.15) is 6.10 Å². The summed E-state index contributed by atoms with van der Waals surface area (Å²) in [6.07, 6.45) is 3.30. The molecule has 22 heavy (non-hydrogen) atoms. The van der Waals surface area contributed by atoms with Crippen molar-refractivity contribution in [3.8, 4) is 0 Å². The molecule has 0 aromatic carbocycles. The van der Waals surface area contributed by atoms with Gasteiger partial charge in [-0.15, -0.1) is 0 Å². The summed E-state index contributed by atoms with van der Waals surface area (Å²) >= 11 is 0. The van der Waals surface area contributed by atoms with Gasteiger partial charge in [0, 0.05) is 13.1 Å². The number of hydrogen-bond acceptors (Lipinski definition) is 5. The first-order valence-corrected chi connectivity index (χ1v) is 10.2. The highest BCUT2D eigenvalue weighted by molar-refractivity contribution is 7.91. The molecule has 1 heterocycles. The molecule has 2 aliphatic rings. The van der Waals surface area contributed by atoms with Crippen molar-refractivity contribution in [2.75, 3.05) is 31.1 Å². The average molecular weight is 331 g/mol. The van der Waals surface area contributed by atoms with Gasteiger partial charge in [-0.2, -0.15) is 0 Å². The van der Waals surface area contributed by atoms with Crippen LogP contribution in [0.3, 0.4) is 0 Å². The van der Waals surface area contributed by atoms with Gasteiger partial charge in [-0.25, -0.2) is 8.42 Å². The zero-order valence-electron chi connectivity index (χ0n) is 14.0. The Hall–Kier alpha value is -0.620. The highest BCUT2D eigenvalue weighted by Gasteiger charge is 2.34. The zero-order chi connectivity index (χ0) is 16.3. The maximum Gasteiger partial charge on any atom is 0.320 e. The Morgan fingerprint density at radius 2 is 1.86 bits per heavy atom. The number of rotatable bonds is 4. The Bertz CT molecular complexity index is 474. The lowest BCUT2D eigenvalue weighted by molar-refractivity contribution is -0.157. The number of esters is 1. The molecule has 0 bridgehead atoms. The van der Waals surface area contributed by atoms with Crippen molar-refractivity contribution in [1.29, 1.82) is 0 Å². The van der Waals surface area contributed by atoms with Crippen LogP contribution in [0, 0.1) is 17.8 Å². The van der Waals surface area contributed by atoms with Crippen LogP contribution in [0.2, 0.25) is 0 Å². The molecule has 1 saturated heterocycles. The van der Waals surface area contributed by atoms with E-state index in [9.17, 15) is 13.2 Å². The average Bonchev–Trinajstić information content (AvgIpc) is 2.41. The van der Waals surface area contributed by atoms with Crippen molar-refractivity contribution in [1.82, 2.24) is 4.90 Å². The van der Waals surface area contributed by atoms with Gasteiger partial charge in [-0.05, 0) is 30.6 Å². The molecule has 2 fully saturated rings. The lowest BCUT2D eigenvalue weighted by atomic mass is 9.75. The van der Waals surface area contributed by atoms with Crippen LogP contribution in [0.1, 0.15) is 40.0 Å². The molecular weight excluding hydrogens is 302 g/mol. The quantitative estimate of drug-likeness (QED) is 0.734. The standard InChI is InChI=1S/C16H29NO4S/c1-12(2)14-5-4-13(3)10-15(14)21-16(18)11-17-6-8-22(19,20)9-7-17/h12-15H,4-11H2,1-3H3/t13-,14-,15+/m1/s1. The highest BCUT2D eigenvalue weighted by Crippen LogP contribution is 2.35. The maximum atomic E-state index is 12.2. The van der Waals surface area contributed by atoms with Gasteiger partial charge in [-0.1, -0.05) is 27.2 Å². The van der Waals surface area contributed by atoms with Crippen LogP contribution in [0.25, 0.3) is 0 Å². The second-order valence-electron chi connectivity index (χ2n) is 7.28. The Morgan fingerprint density at radius 1 is 1.23 bits per heavy atom. The number of ether oxygens (including phenoxy) is 1. The number of sulfone groups is 1. The van der Waals surface area contributed by atoms with Gasteiger partial charge in [0.05, 0.1) is 18.1 Å². The Balaban J connectivity index is 1.85. The van der Waals surface area contributed by atoms with Crippen molar-refractivity contribution in [2.45, 2.75) is 46.1 Å². The molecule has 0 aromatic rings. The number of hydrogen-bond donors (Lipinski definition) is 0. The highest BCUT2D eigenvalue weighted by atomic mass is 32.2. The Kier molecular flexibility index (Phi) is 5.88. The lowest BCUT2D eigenvalue weighted by Crippen LogP contribution is -2.44. The molecule has 0 radical (unpaired) electrons. The van der Waals surface area contributed by atoms with Crippen LogP contribution in [0.4, 0.5) is 0 Å². The van der Waals surface area contributed by atoms with E-state index >= 15 is 0 Å². The molecular formula is C16H29NO4S. The minimum atomic E-state index is -2.90. The molecule has 5 nitrogen and oxygen atoms in total. The number of carbonyl (C=O) groups excluding carboxylic acids is 1. The Labute approximate surface area is 134 Å². The third kappa shape index (κ3) is 4.95. The van der Waals surface area contributed by atoms with Crippen molar-refractivity contribution < 1.29 is 17.9 Å². The van der Waals surface area contributed by atoms with Crippen LogP contribution in [-0.4, -0.2) is 56.5 Å². The fourth-order valence-electron chi connectivity index (χ4n) is 3.55. The first-order valence-electron chi connectivity index (χ1n) is 8.39. The number of nitrogens with zero attached hydrogens (tertiary/aromatic N) is 1. The summed E-state index contributed by atoms with van der Waals surface area (Å²) in [4.78, 5) is 14.1. The van der Waals surface area contributed by atoms with E-state index in [4.69, 9.17) is 4.74 Å². The summed E-state index contributed by atoms with van der Waals surface area (Å²) in [6, 6.07) is 0. The zero-order valence-corrected chi connectivity index (χ0v) is 14.8. The van der Waals surface area contributed by atoms with Gasteiger partial charge in [0.2, 0.25) is 0 Å². The van der Waals surface area contributed by atoms with E-state index in [2.05, 4.69) is 20.8 Å². The van der Waals surface area contributed by atoms with Crippen molar-refractivity contribution in [3.05, 3.63) is 0 Å². The van der Waals surface area contributed by atoms with Crippen molar-refractivity contribution >= 4 is 15.8 Å². The molecule has 1 aliphatic carbocycles. The molecule has 1 saturated carbocycles. The van der Waals surface area contributed by atoms with E-state index in [0.29, 0.717) is 30.8 Å². The van der Waals surface area contributed by atoms with Gasteiger partial charge >= 0.3 is 5.97 Å². The van der Waals surface area contributed by atoms with Crippen LogP contribution in [0.15, 0.2) is 0 Å². The minimum Gasteiger partial charge on any atom is -0.461 e. The summed E-state index contributed by atoms with van der Waals surface area (Å²) in [7, 11) is -2.90. The van der Waals surface area contributed by atoms with E-state index in [1.54, 1.807) is 0 Å². The fourth-order valence-corrected chi connectivity index (χ4v) is 4.82. The van der Waals surface area contributed by atoms with Crippen LogP contribution < -0.4 is 0 Å². The molecule has 1 aliphatic heterocycles. The van der Waals surface area contributed by atoms with Gasteiger partial charge in [-0.3, -0.25) is 9.69 Å². The SMILES string of the molecule is CC(C)[C@H]1CC[C@@H](C)C[C@@H]1OC(=O)CN1CCS(=O)(=O)CC1. The summed E-state index contributed by atoms with van der Waals surface area (Å²) < 4.78 is 28.6. The molecule has 0 unspecified atom stereocenters. The normalized spacial score (nSPS) is 32.8. The monoisotopic (exact) mass is 331 g/mol. The first-order chi connectivity index (χ1) is 10.3. The molecule has 0 amide bonds. The van der Waals surface area contributed by atoms with Gasteiger partial charge in [0.25, 0.3) is 0 Å². The third-order valence-corrected chi connectivity index (χ3v) is 6.64. The van der Waals surface area contributed by atoms with Crippen molar-refractivity contribution in [3.63, 3.8) is 0 Å². The van der Waals surface area contributed by atoms with Crippen LogP contribution in [-0.2, 0) is 19.4 Å². The van der Waals surface area contributed by atoms with Crippen LogP contribution in [0.5, 0.6) is 0 Å².